The molecule has 1 nitrogen and oxygen atoms in total. The third-order valence-corrected chi connectivity index (χ3v) is 4.36. The molecule has 1 N–H and O–H groups in total. The molecule has 94 valence electrons. The minimum absolute atomic E-state index is 0.699. The normalized spacial score (nSPS) is 32.5. The summed E-state index contributed by atoms with van der Waals surface area (Å²) >= 11 is 0. The summed E-state index contributed by atoms with van der Waals surface area (Å²) in [7, 11) is 0. The topological polar surface area (TPSA) is 12.0 Å². The predicted octanol–water partition coefficient (Wildman–Crippen LogP) is 3.67. The molecule has 4 atom stereocenters. The van der Waals surface area contributed by atoms with Gasteiger partial charge in [-0.15, -0.1) is 0 Å². The lowest BCUT2D eigenvalue weighted by Gasteiger charge is -2.53. The minimum Gasteiger partial charge on any atom is -0.314 e. The number of benzene rings is 1. The lowest BCUT2D eigenvalue weighted by atomic mass is 9.55. The standard InChI is InChI=1S/C16H25N/c1-5-17-16-12(4)15(14(16)11(2)3)13-9-7-6-8-10-13/h6-12,14-17H,5H2,1-4H3. The van der Waals surface area contributed by atoms with Crippen LogP contribution in [0.2, 0.25) is 0 Å². The lowest BCUT2D eigenvalue weighted by Crippen LogP contribution is -2.57. The van der Waals surface area contributed by atoms with Crippen LogP contribution < -0.4 is 5.32 Å². The second-order valence-electron chi connectivity index (χ2n) is 5.70. The maximum absolute atomic E-state index is 3.66. The SMILES string of the molecule is CCNC1C(C)C(c2ccccc2)C1C(C)C. The molecular weight excluding hydrogens is 206 g/mol. The second-order valence-corrected chi connectivity index (χ2v) is 5.70. The zero-order valence-corrected chi connectivity index (χ0v) is 11.5. The van der Waals surface area contributed by atoms with E-state index in [2.05, 4.69) is 63.3 Å². The molecule has 0 heterocycles. The molecule has 0 spiro atoms. The van der Waals surface area contributed by atoms with E-state index in [4.69, 9.17) is 0 Å². The molecule has 1 fully saturated rings. The van der Waals surface area contributed by atoms with E-state index < -0.39 is 0 Å². The van der Waals surface area contributed by atoms with Crippen LogP contribution in [0.1, 0.15) is 39.2 Å². The van der Waals surface area contributed by atoms with Gasteiger partial charge >= 0.3 is 0 Å². The molecule has 0 aliphatic heterocycles. The molecule has 1 saturated carbocycles. The van der Waals surface area contributed by atoms with Gasteiger partial charge in [0.1, 0.15) is 0 Å². The van der Waals surface area contributed by atoms with E-state index in [0.29, 0.717) is 6.04 Å². The van der Waals surface area contributed by atoms with Gasteiger partial charge in [-0.25, -0.2) is 0 Å². The van der Waals surface area contributed by atoms with Crippen LogP contribution in [0.3, 0.4) is 0 Å². The zero-order valence-electron chi connectivity index (χ0n) is 11.5. The van der Waals surface area contributed by atoms with E-state index in [1.165, 1.54) is 5.56 Å². The highest BCUT2D eigenvalue weighted by Gasteiger charge is 2.48. The maximum Gasteiger partial charge on any atom is 0.0135 e. The van der Waals surface area contributed by atoms with Gasteiger partial charge in [-0.2, -0.15) is 0 Å². The van der Waals surface area contributed by atoms with Crippen LogP contribution in [-0.2, 0) is 0 Å². The van der Waals surface area contributed by atoms with Gasteiger partial charge in [0.25, 0.3) is 0 Å². The molecule has 0 radical (unpaired) electrons. The summed E-state index contributed by atoms with van der Waals surface area (Å²) in [6.45, 7) is 10.4. The highest BCUT2D eigenvalue weighted by Crippen LogP contribution is 2.50. The summed E-state index contributed by atoms with van der Waals surface area (Å²) in [4.78, 5) is 0. The molecule has 2 rings (SSSR count). The molecule has 17 heavy (non-hydrogen) atoms. The third kappa shape index (κ3) is 2.26. The van der Waals surface area contributed by atoms with Crippen LogP contribution in [0.15, 0.2) is 30.3 Å². The second kappa shape index (κ2) is 5.22. The maximum atomic E-state index is 3.66. The van der Waals surface area contributed by atoms with Gasteiger partial charge in [0.15, 0.2) is 0 Å². The summed E-state index contributed by atoms with van der Waals surface area (Å²) in [5, 5.41) is 3.66. The first-order valence-electron chi connectivity index (χ1n) is 6.95. The molecule has 1 aliphatic rings. The predicted molar refractivity (Wildman–Crippen MR) is 74.1 cm³/mol. The molecule has 1 aromatic rings. The smallest absolute Gasteiger partial charge is 0.0135 e. The fraction of sp³-hybridized carbons (Fsp3) is 0.625. The van der Waals surface area contributed by atoms with Crippen LogP contribution >= 0.6 is 0 Å². The number of rotatable bonds is 4. The first-order chi connectivity index (χ1) is 8.16. The monoisotopic (exact) mass is 231 g/mol. The summed E-state index contributed by atoms with van der Waals surface area (Å²) in [6.07, 6.45) is 0. The fourth-order valence-electron chi connectivity index (χ4n) is 3.59. The highest BCUT2D eigenvalue weighted by atomic mass is 15.0. The molecule has 0 amide bonds. The molecule has 0 bridgehead atoms. The third-order valence-electron chi connectivity index (χ3n) is 4.36. The van der Waals surface area contributed by atoms with Crippen LogP contribution in [-0.4, -0.2) is 12.6 Å². The van der Waals surface area contributed by atoms with E-state index in [1.54, 1.807) is 0 Å². The van der Waals surface area contributed by atoms with E-state index in [0.717, 1.165) is 30.2 Å². The average Bonchev–Trinajstić information content (AvgIpc) is 2.33. The van der Waals surface area contributed by atoms with Crippen molar-refractivity contribution in [1.82, 2.24) is 5.32 Å². The van der Waals surface area contributed by atoms with Crippen LogP contribution in [0.5, 0.6) is 0 Å². The van der Waals surface area contributed by atoms with Gasteiger partial charge in [-0.05, 0) is 35.8 Å². The van der Waals surface area contributed by atoms with Crippen molar-refractivity contribution in [2.45, 2.75) is 39.7 Å². The quantitative estimate of drug-likeness (QED) is 0.833. The molecule has 0 saturated heterocycles. The lowest BCUT2D eigenvalue weighted by molar-refractivity contribution is 0.0462. The fourth-order valence-corrected chi connectivity index (χ4v) is 3.59. The Morgan fingerprint density at radius 3 is 2.35 bits per heavy atom. The Bertz CT molecular complexity index is 344. The Balaban J connectivity index is 2.18. The Labute approximate surface area is 106 Å². The summed E-state index contributed by atoms with van der Waals surface area (Å²) in [6, 6.07) is 11.7. The van der Waals surface area contributed by atoms with Crippen LogP contribution in [0.25, 0.3) is 0 Å². The number of hydrogen-bond donors (Lipinski definition) is 1. The molecule has 4 unspecified atom stereocenters. The van der Waals surface area contributed by atoms with Crippen molar-refractivity contribution in [3.05, 3.63) is 35.9 Å². The van der Waals surface area contributed by atoms with Gasteiger partial charge in [0.2, 0.25) is 0 Å². The van der Waals surface area contributed by atoms with Crippen molar-refractivity contribution in [2.75, 3.05) is 6.54 Å². The Kier molecular flexibility index (Phi) is 3.88. The highest BCUT2D eigenvalue weighted by molar-refractivity contribution is 5.26. The van der Waals surface area contributed by atoms with Gasteiger partial charge in [0, 0.05) is 6.04 Å². The molecule has 1 heteroatoms. The molecule has 0 aromatic heterocycles. The van der Waals surface area contributed by atoms with Gasteiger partial charge in [-0.1, -0.05) is 58.0 Å². The summed E-state index contributed by atoms with van der Waals surface area (Å²) in [5.74, 6) is 3.03. The van der Waals surface area contributed by atoms with Gasteiger partial charge in [-0.3, -0.25) is 0 Å². The van der Waals surface area contributed by atoms with E-state index in [1.807, 2.05) is 0 Å². The van der Waals surface area contributed by atoms with E-state index in [9.17, 15) is 0 Å². The van der Waals surface area contributed by atoms with Crippen molar-refractivity contribution in [1.29, 1.82) is 0 Å². The number of hydrogen-bond acceptors (Lipinski definition) is 1. The first kappa shape index (κ1) is 12.6. The van der Waals surface area contributed by atoms with E-state index >= 15 is 0 Å². The average molecular weight is 231 g/mol. The van der Waals surface area contributed by atoms with Crippen LogP contribution in [0, 0.1) is 17.8 Å². The van der Waals surface area contributed by atoms with Crippen molar-refractivity contribution < 1.29 is 0 Å². The van der Waals surface area contributed by atoms with Crippen molar-refractivity contribution in [3.8, 4) is 0 Å². The Hall–Kier alpha value is -0.820. The zero-order chi connectivity index (χ0) is 12.4. The van der Waals surface area contributed by atoms with Crippen molar-refractivity contribution in [3.63, 3.8) is 0 Å². The van der Waals surface area contributed by atoms with Gasteiger partial charge < -0.3 is 5.32 Å². The largest absolute Gasteiger partial charge is 0.314 e. The van der Waals surface area contributed by atoms with E-state index in [-0.39, 0.29) is 0 Å². The number of nitrogens with one attached hydrogen (secondary N) is 1. The summed E-state index contributed by atoms with van der Waals surface area (Å²) < 4.78 is 0. The first-order valence-corrected chi connectivity index (χ1v) is 6.95. The summed E-state index contributed by atoms with van der Waals surface area (Å²) in [5.41, 5.74) is 1.52. The van der Waals surface area contributed by atoms with Gasteiger partial charge in [0.05, 0.1) is 0 Å². The Morgan fingerprint density at radius 1 is 1.18 bits per heavy atom. The van der Waals surface area contributed by atoms with Crippen LogP contribution in [0.4, 0.5) is 0 Å². The Morgan fingerprint density at radius 2 is 1.82 bits per heavy atom. The molecule has 1 aromatic carbocycles. The molecule has 1 aliphatic carbocycles. The van der Waals surface area contributed by atoms with Crippen molar-refractivity contribution in [2.24, 2.45) is 17.8 Å². The molecular formula is C16H25N. The minimum atomic E-state index is 0.699. The van der Waals surface area contributed by atoms with Crippen molar-refractivity contribution >= 4 is 0 Å².